The van der Waals surface area contributed by atoms with Gasteiger partial charge in [0.05, 0.1) is 23.7 Å². The highest BCUT2D eigenvalue weighted by Gasteiger charge is 2.42. The predicted molar refractivity (Wildman–Crippen MR) is 88.6 cm³/mol. The average molecular weight is 319 g/mol. The van der Waals surface area contributed by atoms with E-state index in [0.717, 1.165) is 19.4 Å². The third-order valence-corrected chi connectivity index (χ3v) is 4.71. The van der Waals surface area contributed by atoms with E-state index >= 15 is 0 Å². The molecule has 23 heavy (non-hydrogen) atoms. The average Bonchev–Trinajstić information content (AvgIpc) is 2.52. The molecule has 2 N–H and O–H groups in total. The fraction of sp³-hybridized carbons (Fsp3) is 0.688. The first-order chi connectivity index (χ1) is 11.1. The number of nitrogens with zero attached hydrogens (tertiary/aromatic N) is 3. The Labute approximate surface area is 136 Å². The SMILES string of the molecule is CN(C)c1ncc(NC(=O)NCC2CCOC3(CCC3)C2)cn1. The van der Waals surface area contributed by atoms with Crippen molar-refractivity contribution >= 4 is 17.7 Å². The number of carbonyl (C=O) groups excluding carboxylic acids is 1. The maximum atomic E-state index is 12.0. The summed E-state index contributed by atoms with van der Waals surface area (Å²) >= 11 is 0. The first-order valence-corrected chi connectivity index (χ1v) is 8.24. The second kappa shape index (κ2) is 6.70. The molecule has 1 aliphatic heterocycles. The number of amides is 2. The smallest absolute Gasteiger partial charge is 0.319 e. The predicted octanol–water partition coefficient (Wildman–Crippen LogP) is 2.01. The Balaban J connectivity index is 1.44. The summed E-state index contributed by atoms with van der Waals surface area (Å²) in [5, 5.41) is 5.72. The fourth-order valence-corrected chi connectivity index (χ4v) is 3.25. The zero-order chi connectivity index (χ0) is 16.3. The van der Waals surface area contributed by atoms with Crippen LogP contribution in [0.25, 0.3) is 0 Å². The van der Waals surface area contributed by atoms with Crippen LogP contribution in [0.15, 0.2) is 12.4 Å². The number of hydrogen-bond donors (Lipinski definition) is 2. The van der Waals surface area contributed by atoms with Gasteiger partial charge in [-0.05, 0) is 38.0 Å². The van der Waals surface area contributed by atoms with Crippen molar-refractivity contribution in [2.24, 2.45) is 5.92 Å². The van der Waals surface area contributed by atoms with Crippen molar-refractivity contribution in [2.75, 3.05) is 37.5 Å². The second-order valence-corrected chi connectivity index (χ2v) is 6.75. The molecule has 7 nitrogen and oxygen atoms in total. The Morgan fingerprint density at radius 2 is 2.13 bits per heavy atom. The third-order valence-electron chi connectivity index (χ3n) is 4.71. The van der Waals surface area contributed by atoms with E-state index < -0.39 is 0 Å². The molecule has 7 heteroatoms. The van der Waals surface area contributed by atoms with Gasteiger partial charge in [-0.1, -0.05) is 0 Å². The molecule has 1 saturated carbocycles. The van der Waals surface area contributed by atoms with Gasteiger partial charge in [0.25, 0.3) is 0 Å². The highest BCUT2D eigenvalue weighted by Crippen LogP contribution is 2.43. The van der Waals surface area contributed by atoms with E-state index in [1.165, 1.54) is 19.3 Å². The molecule has 2 heterocycles. The Morgan fingerprint density at radius 3 is 2.74 bits per heavy atom. The summed E-state index contributed by atoms with van der Waals surface area (Å²) in [5.74, 6) is 1.12. The normalized spacial score (nSPS) is 22.3. The summed E-state index contributed by atoms with van der Waals surface area (Å²) in [5.41, 5.74) is 0.715. The van der Waals surface area contributed by atoms with Crippen LogP contribution in [0.4, 0.5) is 16.4 Å². The lowest BCUT2D eigenvalue weighted by molar-refractivity contribution is -0.142. The summed E-state index contributed by atoms with van der Waals surface area (Å²) in [6, 6.07) is -0.208. The standard InChI is InChI=1S/C16H25N5O2/c1-21(2)14-17-10-13(11-18-14)20-15(22)19-9-12-4-7-23-16(8-12)5-3-6-16/h10-12H,3-9H2,1-2H3,(H2,19,20,22). The molecule has 1 aromatic heterocycles. The number of hydrogen-bond acceptors (Lipinski definition) is 5. The molecule has 1 aliphatic carbocycles. The van der Waals surface area contributed by atoms with E-state index in [2.05, 4.69) is 20.6 Å². The van der Waals surface area contributed by atoms with Crippen molar-refractivity contribution in [3.63, 3.8) is 0 Å². The molecule has 2 aliphatic rings. The van der Waals surface area contributed by atoms with Crippen molar-refractivity contribution in [1.82, 2.24) is 15.3 Å². The zero-order valence-corrected chi connectivity index (χ0v) is 13.8. The number of urea groups is 1. The molecule has 0 bridgehead atoms. The van der Waals surface area contributed by atoms with E-state index in [1.807, 2.05) is 19.0 Å². The summed E-state index contributed by atoms with van der Waals surface area (Å²) in [6.45, 7) is 1.50. The first kappa shape index (κ1) is 16.0. The minimum Gasteiger partial charge on any atom is -0.375 e. The molecule has 126 valence electrons. The maximum Gasteiger partial charge on any atom is 0.319 e. The van der Waals surface area contributed by atoms with Crippen LogP contribution in [0.2, 0.25) is 0 Å². The van der Waals surface area contributed by atoms with Gasteiger partial charge in [0, 0.05) is 27.2 Å². The van der Waals surface area contributed by atoms with Crippen LogP contribution in [0.1, 0.15) is 32.1 Å². The van der Waals surface area contributed by atoms with Crippen LogP contribution >= 0.6 is 0 Å². The van der Waals surface area contributed by atoms with E-state index in [1.54, 1.807) is 12.4 Å². The number of rotatable bonds is 4. The lowest BCUT2D eigenvalue weighted by Gasteiger charge is -2.47. The number of anilines is 2. The van der Waals surface area contributed by atoms with Gasteiger partial charge >= 0.3 is 6.03 Å². The monoisotopic (exact) mass is 319 g/mol. The van der Waals surface area contributed by atoms with Crippen molar-refractivity contribution in [2.45, 2.75) is 37.7 Å². The molecule has 2 amide bonds. The van der Waals surface area contributed by atoms with Crippen LogP contribution in [-0.2, 0) is 4.74 Å². The number of carbonyl (C=O) groups is 1. The summed E-state index contributed by atoms with van der Waals surface area (Å²) in [7, 11) is 3.75. The molecule has 3 rings (SSSR count). The van der Waals surface area contributed by atoms with Crippen molar-refractivity contribution < 1.29 is 9.53 Å². The Hall–Kier alpha value is -1.89. The summed E-state index contributed by atoms with van der Waals surface area (Å²) in [4.78, 5) is 22.2. The second-order valence-electron chi connectivity index (χ2n) is 6.75. The molecule has 1 aromatic rings. The lowest BCUT2D eigenvalue weighted by atomic mass is 9.72. The number of nitrogens with one attached hydrogen (secondary N) is 2. The van der Waals surface area contributed by atoms with Crippen LogP contribution in [0.5, 0.6) is 0 Å². The minimum atomic E-state index is -0.208. The largest absolute Gasteiger partial charge is 0.375 e. The molecule has 1 unspecified atom stereocenters. The van der Waals surface area contributed by atoms with Gasteiger partial charge < -0.3 is 20.3 Å². The van der Waals surface area contributed by atoms with Crippen molar-refractivity contribution in [3.05, 3.63) is 12.4 Å². The quantitative estimate of drug-likeness (QED) is 0.887. The van der Waals surface area contributed by atoms with Gasteiger partial charge in [0.2, 0.25) is 5.95 Å². The minimum absolute atomic E-state index is 0.122. The van der Waals surface area contributed by atoms with E-state index in [-0.39, 0.29) is 11.6 Å². The highest BCUT2D eigenvalue weighted by atomic mass is 16.5. The van der Waals surface area contributed by atoms with Crippen LogP contribution in [0, 0.1) is 5.92 Å². The van der Waals surface area contributed by atoms with Crippen LogP contribution in [-0.4, -0.2) is 48.8 Å². The van der Waals surface area contributed by atoms with E-state index in [0.29, 0.717) is 24.1 Å². The number of aromatic nitrogens is 2. The lowest BCUT2D eigenvalue weighted by Crippen LogP contribution is -2.47. The van der Waals surface area contributed by atoms with Crippen LogP contribution in [0.3, 0.4) is 0 Å². The van der Waals surface area contributed by atoms with Gasteiger partial charge in [-0.2, -0.15) is 0 Å². The van der Waals surface area contributed by atoms with Gasteiger partial charge in [-0.25, -0.2) is 14.8 Å². The summed E-state index contributed by atoms with van der Waals surface area (Å²) < 4.78 is 5.92. The van der Waals surface area contributed by atoms with Crippen LogP contribution < -0.4 is 15.5 Å². The molecule has 0 radical (unpaired) electrons. The van der Waals surface area contributed by atoms with E-state index in [4.69, 9.17) is 4.74 Å². The number of ether oxygens (including phenoxy) is 1. The maximum absolute atomic E-state index is 12.0. The zero-order valence-electron chi connectivity index (χ0n) is 13.8. The fourth-order valence-electron chi connectivity index (χ4n) is 3.25. The molecule has 0 aromatic carbocycles. The van der Waals surface area contributed by atoms with Gasteiger partial charge in [0.1, 0.15) is 0 Å². The Bertz CT molecular complexity index is 542. The van der Waals surface area contributed by atoms with Crippen molar-refractivity contribution in [1.29, 1.82) is 0 Å². The molecule has 2 fully saturated rings. The highest BCUT2D eigenvalue weighted by molar-refractivity contribution is 5.88. The first-order valence-electron chi connectivity index (χ1n) is 8.24. The van der Waals surface area contributed by atoms with Gasteiger partial charge in [-0.15, -0.1) is 0 Å². The van der Waals surface area contributed by atoms with Gasteiger partial charge in [0.15, 0.2) is 0 Å². The Kier molecular flexibility index (Phi) is 4.66. The molecular formula is C16H25N5O2. The molecule has 1 spiro atoms. The van der Waals surface area contributed by atoms with Gasteiger partial charge in [-0.3, -0.25) is 0 Å². The molecular weight excluding hydrogens is 294 g/mol. The topological polar surface area (TPSA) is 79.4 Å². The molecule has 1 atom stereocenters. The molecule has 1 saturated heterocycles. The Morgan fingerprint density at radius 1 is 1.39 bits per heavy atom. The third kappa shape index (κ3) is 3.90. The summed E-state index contributed by atoms with van der Waals surface area (Å²) in [6.07, 6.45) is 8.91. The van der Waals surface area contributed by atoms with Crippen molar-refractivity contribution in [3.8, 4) is 0 Å². The van der Waals surface area contributed by atoms with E-state index in [9.17, 15) is 4.79 Å².